The van der Waals surface area contributed by atoms with Crippen LogP contribution in [0.1, 0.15) is 35.9 Å². The van der Waals surface area contributed by atoms with E-state index in [2.05, 4.69) is 20.8 Å². The number of amides is 2. The van der Waals surface area contributed by atoms with Gasteiger partial charge in [0.25, 0.3) is 11.8 Å². The molecule has 180 valence electrons. The van der Waals surface area contributed by atoms with Crippen molar-refractivity contribution in [1.29, 1.82) is 0 Å². The van der Waals surface area contributed by atoms with E-state index >= 15 is 0 Å². The van der Waals surface area contributed by atoms with Gasteiger partial charge in [-0.3, -0.25) is 20.0 Å². The van der Waals surface area contributed by atoms with Crippen LogP contribution in [0.5, 0.6) is 5.75 Å². The zero-order chi connectivity index (χ0) is 24.0. The zero-order valence-electron chi connectivity index (χ0n) is 19.1. The zero-order valence-corrected chi connectivity index (χ0v) is 19.9. The molecule has 1 fully saturated rings. The van der Waals surface area contributed by atoms with Crippen molar-refractivity contribution in [1.82, 2.24) is 19.7 Å². The number of nitrogens with zero attached hydrogens (tertiary/aromatic N) is 3. The van der Waals surface area contributed by atoms with E-state index in [-0.39, 0.29) is 11.8 Å². The average molecular weight is 493 g/mol. The van der Waals surface area contributed by atoms with Gasteiger partial charge in [-0.05, 0) is 31.5 Å². The molecule has 0 bridgehead atoms. The minimum atomic E-state index is -0.733. The second-order valence-corrected chi connectivity index (χ2v) is 9.71. The summed E-state index contributed by atoms with van der Waals surface area (Å²) < 4.78 is 13.6. The summed E-state index contributed by atoms with van der Waals surface area (Å²) in [6.45, 7) is 3.81. The number of fused-ring (bicyclic) bond motifs is 2. The third-order valence-corrected chi connectivity index (χ3v) is 7.37. The molecule has 4 heterocycles. The highest BCUT2D eigenvalue weighted by atomic mass is 32.1. The van der Waals surface area contributed by atoms with Gasteiger partial charge in [-0.15, -0.1) is 11.3 Å². The summed E-state index contributed by atoms with van der Waals surface area (Å²) in [5.41, 5.74) is 2.28. The van der Waals surface area contributed by atoms with Crippen LogP contribution < -0.4 is 15.4 Å². The summed E-state index contributed by atoms with van der Waals surface area (Å²) in [5.74, 6) is 0.716. The number of H-pyrrole nitrogens is 1. The lowest BCUT2D eigenvalue weighted by atomic mass is 10.2. The van der Waals surface area contributed by atoms with Crippen molar-refractivity contribution in [3.05, 3.63) is 41.5 Å². The topological polar surface area (TPSA) is 123 Å². The number of thiophene rings is 1. The van der Waals surface area contributed by atoms with E-state index in [1.54, 1.807) is 24.5 Å². The van der Waals surface area contributed by atoms with Crippen LogP contribution in [-0.2, 0) is 16.1 Å². The molecule has 0 unspecified atom stereocenters. The Kier molecular flexibility index (Phi) is 5.30. The van der Waals surface area contributed by atoms with Gasteiger partial charge in [0, 0.05) is 55.3 Å². The largest absolute Gasteiger partial charge is 0.475 e. The molecular weight excluding hydrogens is 468 g/mol. The van der Waals surface area contributed by atoms with Gasteiger partial charge in [-0.1, -0.05) is 0 Å². The maximum Gasteiger partial charge on any atom is 0.268 e. The van der Waals surface area contributed by atoms with Crippen LogP contribution >= 0.6 is 11.3 Å². The maximum absolute atomic E-state index is 13.1. The number of aromatic amines is 1. The first kappa shape index (κ1) is 21.8. The molecule has 1 spiro atoms. The number of hydrogen-bond donors (Lipinski definition) is 3. The molecule has 1 aliphatic heterocycles. The van der Waals surface area contributed by atoms with Gasteiger partial charge in [0.05, 0.1) is 27.8 Å². The maximum atomic E-state index is 13.1. The number of imidazole rings is 1. The summed E-state index contributed by atoms with van der Waals surface area (Å²) in [4.78, 5) is 31.7. The molecule has 10 nitrogen and oxygen atoms in total. The number of benzene rings is 1. The second-order valence-electron chi connectivity index (χ2n) is 8.63. The molecule has 6 rings (SSSR count). The Morgan fingerprint density at radius 3 is 3.00 bits per heavy atom. The number of rotatable bonds is 8. The quantitative estimate of drug-likeness (QED) is 0.319. The molecule has 3 aromatic heterocycles. The molecule has 0 saturated heterocycles. The van der Waals surface area contributed by atoms with Crippen LogP contribution in [-0.4, -0.2) is 50.4 Å². The lowest BCUT2D eigenvalue weighted by Gasteiger charge is -2.25. The van der Waals surface area contributed by atoms with Crippen molar-refractivity contribution in [2.45, 2.75) is 38.3 Å². The monoisotopic (exact) mass is 492 g/mol. The first-order valence-corrected chi connectivity index (χ1v) is 12.4. The number of aryl methyl sites for hydroxylation is 1. The van der Waals surface area contributed by atoms with E-state index in [4.69, 9.17) is 14.5 Å². The highest BCUT2D eigenvalue weighted by Crippen LogP contribution is 2.47. The van der Waals surface area contributed by atoms with Crippen LogP contribution in [0.3, 0.4) is 0 Å². The van der Waals surface area contributed by atoms with E-state index in [9.17, 15) is 9.59 Å². The molecule has 35 heavy (non-hydrogen) atoms. The van der Waals surface area contributed by atoms with Gasteiger partial charge in [0.1, 0.15) is 5.75 Å². The third-order valence-electron chi connectivity index (χ3n) is 6.23. The molecule has 0 atom stereocenters. The summed E-state index contributed by atoms with van der Waals surface area (Å²) in [6.07, 6.45) is 5.70. The molecular formula is C24H24N6O4S. The number of ether oxygens (including phenoxy) is 2. The Bertz CT molecular complexity index is 1420. The Balaban J connectivity index is 1.32. The van der Waals surface area contributed by atoms with Crippen LogP contribution in [0.2, 0.25) is 0 Å². The van der Waals surface area contributed by atoms with Gasteiger partial charge in [-0.25, -0.2) is 4.98 Å². The standard InChI is InChI=1S/C24H24N6O4S/c1-2-33-9-3-8-30-17-11-18-16(27-22(32)24(34-18)6-7-24)10-15(17)28-23(30)29-21(31)20-5-4-19(35-20)14-12-25-26-13-14/h4-5,10-13H,2-3,6-9H2,1H3,(H,25,26)(H,27,32)(H,28,29,31). The van der Waals surface area contributed by atoms with E-state index in [1.165, 1.54) is 11.3 Å². The molecule has 0 radical (unpaired) electrons. The second kappa shape index (κ2) is 8.51. The van der Waals surface area contributed by atoms with E-state index in [0.29, 0.717) is 60.4 Å². The van der Waals surface area contributed by atoms with Crippen molar-refractivity contribution in [3.8, 4) is 16.2 Å². The molecule has 2 amide bonds. The molecule has 1 aliphatic carbocycles. The van der Waals surface area contributed by atoms with E-state index < -0.39 is 5.60 Å². The summed E-state index contributed by atoms with van der Waals surface area (Å²) in [6, 6.07) is 7.39. The first-order chi connectivity index (χ1) is 17.1. The first-order valence-electron chi connectivity index (χ1n) is 11.6. The van der Waals surface area contributed by atoms with Crippen molar-refractivity contribution >= 4 is 45.8 Å². The van der Waals surface area contributed by atoms with Gasteiger partial charge in [-0.2, -0.15) is 5.10 Å². The van der Waals surface area contributed by atoms with Crippen LogP contribution in [0, 0.1) is 0 Å². The SMILES string of the molecule is CCOCCCn1c(NC(=O)c2ccc(-c3cn[nH]c3)s2)nc2cc3c(cc21)OC1(CC1)C(=O)N3. The molecule has 1 saturated carbocycles. The van der Waals surface area contributed by atoms with Gasteiger partial charge >= 0.3 is 0 Å². The Labute approximate surface area is 204 Å². The van der Waals surface area contributed by atoms with Crippen LogP contribution in [0.25, 0.3) is 21.5 Å². The summed E-state index contributed by atoms with van der Waals surface area (Å²) >= 11 is 1.39. The Hall–Kier alpha value is -3.70. The van der Waals surface area contributed by atoms with Crippen molar-refractivity contribution in [2.75, 3.05) is 23.8 Å². The number of aromatic nitrogens is 4. The minimum Gasteiger partial charge on any atom is -0.475 e. The number of hydrogen-bond acceptors (Lipinski definition) is 7. The number of carbonyl (C=O) groups is 2. The summed E-state index contributed by atoms with van der Waals surface area (Å²) in [5, 5.41) is 12.7. The highest BCUT2D eigenvalue weighted by Gasteiger charge is 2.55. The number of anilines is 2. The number of carbonyl (C=O) groups excluding carboxylic acids is 2. The van der Waals surface area contributed by atoms with Crippen LogP contribution in [0.15, 0.2) is 36.7 Å². The predicted molar refractivity (Wildman–Crippen MR) is 132 cm³/mol. The Morgan fingerprint density at radius 2 is 2.23 bits per heavy atom. The molecule has 11 heteroatoms. The minimum absolute atomic E-state index is 0.111. The average Bonchev–Trinajstić information content (AvgIpc) is 3.23. The summed E-state index contributed by atoms with van der Waals surface area (Å²) in [7, 11) is 0. The fourth-order valence-corrected chi connectivity index (χ4v) is 5.11. The van der Waals surface area contributed by atoms with Crippen molar-refractivity contribution < 1.29 is 19.1 Å². The van der Waals surface area contributed by atoms with Gasteiger partial charge < -0.3 is 19.4 Å². The molecule has 3 N–H and O–H groups in total. The predicted octanol–water partition coefficient (Wildman–Crippen LogP) is 4.03. The van der Waals surface area contributed by atoms with Crippen LogP contribution in [0.4, 0.5) is 11.6 Å². The lowest BCUT2D eigenvalue weighted by Crippen LogP contribution is -2.38. The lowest BCUT2D eigenvalue weighted by molar-refractivity contribution is -0.125. The third kappa shape index (κ3) is 3.96. The van der Waals surface area contributed by atoms with E-state index in [1.807, 2.05) is 23.6 Å². The Morgan fingerprint density at radius 1 is 1.34 bits per heavy atom. The van der Waals surface area contributed by atoms with E-state index in [0.717, 1.165) is 22.4 Å². The van der Waals surface area contributed by atoms with Crippen molar-refractivity contribution in [3.63, 3.8) is 0 Å². The smallest absolute Gasteiger partial charge is 0.268 e. The molecule has 1 aromatic carbocycles. The molecule has 4 aromatic rings. The van der Waals surface area contributed by atoms with Gasteiger partial charge in [0.2, 0.25) is 5.95 Å². The highest BCUT2D eigenvalue weighted by molar-refractivity contribution is 7.17. The fourth-order valence-electron chi connectivity index (χ4n) is 4.22. The normalized spacial score (nSPS) is 15.6. The fraction of sp³-hybridized carbons (Fsp3) is 0.333. The molecule has 2 aliphatic rings. The van der Waals surface area contributed by atoms with Gasteiger partial charge in [0.15, 0.2) is 5.60 Å². The number of nitrogens with one attached hydrogen (secondary N) is 3. The van der Waals surface area contributed by atoms with Crippen molar-refractivity contribution in [2.24, 2.45) is 0 Å².